The van der Waals surface area contributed by atoms with Crippen LogP contribution in [0.25, 0.3) is 0 Å². The SMILES string of the molecule is CCC1CC(OC2CCOCC2)CC1C(=O)O.CCOC(=O)C1CC(OC2CCOCC2)CC1CC. The number of hydrogen-bond donors (Lipinski definition) is 1. The fourth-order valence-corrected chi connectivity index (χ4v) is 6.28. The maximum Gasteiger partial charge on any atom is 0.309 e. The van der Waals surface area contributed by atoms with Crippen LogP contribution in [0.2, 0.25) is 0 Å². The van der Waals surface area contributed by atoms with E-state index in [0.717, 1.165) is 84.2 Å². The van der Waals surface area contributed by atoms with Crippen LogP contribution in [0.15, 0.2) is 0 Å². The Hall–Kier alpha value is -1.22. The highest BCUT2D eigenvalue weighted by molar-refractivity contribution is 5.73. The summed E-state index contributed by atoms with van der Waals surface area (Å²) in [6.45, 7) is 9.70. The molecule has 36 heavy (non-hydrogen) atoms. The monoisotopic (exact) mass is 512 g/mol. The maximum absolute atomic E-state index is 12.0. The van der Waals surface area contributed by atoms with Crippen molar-refractivity contribution in [1.82, 2.24) is 0 Å². The molecule has 6 atom stereocenters. The van der Waals surface area contributed by atoms with E-state index in [0.29, 0.717) is 25.0 Å². The topological polar surface area (TPSA) is 101 Å². The molecule has 6 unspecified atom stereocenters. The van der Waals surface area contributed by atoms with Crippen molar-refractivity contribution in [3.63, 3.8) is 0 Å². The van der Waals surface area contributed by atoms with Crippen molar-refractivity contribution in [3.05, 3.63) is 0 Å². The van der Waals surface area contributed by atoms with Gasteiger partial charge in [0.2, 0.25) is 0 Å². The Kier molecular flexibility index (Phi) is 12.4. The first-order valence-electron chi connectivity index (χ1n) is 14.3. The molecule has 4 rings (SSSR count). The van der Waals surface area contributed by atoms with Gasteiger partial charge in [0.1, 0.15) is 0 Å². The Balaban J connectivity index is 0.000000202. The van der Waals surface area contributed by atoms with Gasteiger partial charge in [0, 0.05) is 26.4 Å². The summed E-state index contributed by atoms with van der Waals surface area (Å²) in [6, 6.07) is 0. The summed E-state index contributed by atoms with van der Waals surface area (Å²) in [4.78, 5) is 23.1. The highest BCUT2D eigenvalue weighted by Crippen LogP contribution is 2.38. The third kappa shape index (κ3) is 8.67. The normalized spacial score (nSPS) is 33.6. The second kappa shape index (κ2) is 15.3. The third-order valence-electron chi connectivity index (χ3n) is 8.36. The molecule has 8 heteroatoms. The molecular formula is C28H48O8. The van der Waals surface area contributed by atoms with E-state index in [1.54, 1.807) is 0 Å². The summed E-state index contributed by atoms with van der Waals surface area (Å²) >= 11 is 0. The van der Waals surface area contributed by atoms with Crippen LogP contribution in [0.4, 0.5) is 0 Å². The summed E-state index contributed by atoms with van der Waals surface area (Å²) in [6.07, 6.45) is 10.2. The molecule has 8 nitrogen and oxygen atoms in total. The average Bonchev–Trinajstić information content (AvgIpc) is 3.50. The van der Waals surface area contributed by atoms with Crippen LogP contribution in [-0.2, 0) is 33.3 Å². The van der Waals surface area contributed by atoms with Crippen molar-refractivity contribution in [2.45, 2.75) is 109 Å². The minimum Gasteiger partial charge on any atom is -0.481 e. The Morgan fingerprint density at radius 2 is 1.14 bits per heavy atom. The molecule has 1 N–H and O–H groups in total. The smallest absolute Gasteiger partial charge is 0.309 e. The summed E-state index contributed by atoms with van der Waals surface area (Å²) in [5.41, 5.74) is 0. The molecule has 0 aromatic carbocycles. The first-order chi connectivity index (χ1) is 17.4. The average molecular weight is 513 g/mol. The quantitative estimate of drug-likeness (QED) is 0.447. The van der Waals surface area contributed by atoms with Gasteiger partial charge in [-0.25, -0.2) is 0 Å². The maximum atomic E-state index is 12.0. The van der Waals surface area contributed by atoms with E-state index in [1.807, 2.05) is 6.92 Å². The molecule has 2 heterocycles. The number of ether oxygens (including phenoxy) is 5. The standard InChI is InChI=1S/C15H26O4.C13H22O4/c1-3-11-9-13(10-14(11)15(16)18-4-2)19-12-5-7-17-8-6-12;1-2-9-7-11(8-12(9)13(14)15)17-10-3-5-16-6-4-10/h11-14H,3-10H2,1-2H3;9-12H,2-8H2,1H3,(H,14,15). The molecule has 2 aliphatic heterocycles. The van der Waals surface area contributed by atoms with Gasteiger partial charge in [-0.1, -0.05) is 26.7 Å². The lowest BCUT2D eigenvalue weighted by Gasteiger charge is -2.25. The molecule has 0 aromatic heterocycles. The van der Waals surface area contributed by atoms with Gasteiger partial charge in [-0.3, -0.25) is 9.59 Å². The van der Waals surface area contributed by atoms with E-state index in [1.165, 1.54) is 0 Å². The van der Waals surface area contributed by atoms with Crippen LogP contribution in [0.1, 0.15) is 85.0 Å². The fraction of sp³-hybridized carbons (Fsp3) is 0.929. The number of aliphatic carboxylic acids is 1. The van der Waals surface area contributed by atoms with Gasteiger partial charge >= 0.3 is 11.9 Å². The molecule has 0 aromatic rings. The number of esters is 1. The lowest BCUT2D eigenvalue weighted by Crippen LogP contribution is -2.27. The lowest BCUT2D eigenvalue weighted by molar-refractivity contribution is -0.149. The molecule has 208 valence electrons. The molecule has 0 bridgehead atoms. The molecule has 2 saturated carbocycles. The number of rotatable bonds is 9. The predicted molar refractivity (Wildman–Crippen MR) is 135 cm³/mol. The molecule has 0 amide bonds. The van der Waals surface area contributed by atoms with Gasteiger partial charge in [-0.15, -0.1) is 0 Å². The number of carbonyl (C=O) groups is 2. The summed E-state index contributed by atoms with van der Waals surface area (Å²) in [5, 5.41) is 9.16. The van der Waals surface area contributed by atoms with E-state index < -0.39 is 5.97 Å². The highest BCUT2D eigenvalue weighted by Gasteiger charge is 2.40. The first kappa shape index (κ1) is 29.3. The van der Waals surface area contributed by atoms with Crippen LogP contribution in [0.3, 0.4) is 0 Å². The van der Waals surface area contributed by atoms with E-state index in [2.05, 4.69) is 13.8 Å². The Bertz CT molecular complexity index is 658. The molecule has 0 radical (unpaired) electrons. The van der Waals surface area contributed by atoms with Crippen LogP contribution in [0.5, 0.6) is 0 Å². The van der Waals surface area contributed by atoms with Gasteiger partial charge in [0.15, 0.2) is 0 Å². The molecular weight excluding hydrogens is 464 g/mol. The van der Waals surface area contributed by atoms with Crippen LogP contribution >= 0.6 is 0 Å². The summed E-state index contributed by atoms with van der Waals surface area (Å²) in [5.74, 6) is -0.150. The van der Waals surface area contributed by atoms with Crippen LogP contribution in [0, 0.1) is 23.7 Å². The lowest BCUT2D eigenvalue weighted by atomic mass is 9.94. The Morgan fingerprint density at radius 1 is 0.694 bits per heavy atom. The minimum absolute atomic E-state index is 0.0348. The molecule has 4 aliphatic rings. The zero-order valence-corrected chi connectivity index (χ0v) is 22.5. The molecule has 2 aliphatic carbocycles. The van der Waals surface area contributed by atoms with E-state index >= 15 is 0 Å². The van der Waals surface area contributed by atoms with E-state index in [4.69, 9.17) is 28.8 Å². The van der Waals surface area contributed by atoms with Crippen molar-refractivity contribution in [1.29, 1.82) is 0 Å². The van der Waals surface area contributed by atoms with Crippen molar-refractivity contribution >= 4 is 11.9 Å². The Labute approximate surface area is 216 Å². The molecule has 4 fully saturated rings. The van der Waals surface area contributed by atoms with Gasteiger partial charge in [0.25, 0.3) is 0 Å². The largest absolute Gasteiger partial charge is 0.481 e. The van der Waals surface area contributed by atoms with Crippen LogP contribution in [-0.4, -0.2) is 74.5 Å². The molecule has 0 spiro atoms. The first-order valence-corrected chi connectivity index (χ1v) is 14.3. The number of hydrogen-bond acceptors (Lipinski definition) is 7. The van der Waals surface area contributed by atoms with Gasteiger partial charge in [-0.2, -0.15) is 0 Å². The third-order valence-corrected chi connectivity index (χ3v) is 8.36. The van der Waals surface area contributed by atoms with Crippen LogP contribution < -0.4 is 0 Å². The number of carboxylic acid groups (broad SMARTS) is 1. The van der Waals surface area contributed by atoms with Gasteiger partial charge in [0.05, 0.1) is 42.9 Å². The fourth-order valence-electron chi connectivity index (χ4n) is 6.28. The van der Waals surface area contributed by atoms with Crippen molar-refractivity contribution in [3.8, 4) is 0 Å². The number of carbonyl (C=O) groups excluding carboxylic acids is 1. The highest BCUT2D eigenvalue weighted by atomic mass is 16.5. The number of carboxylic acids is 1. The van der Waals surface area contributed by atoms with E-state index in [9.17, 15) is 9.59 Å². The zero-order valence-electron chi connectivity index (χ0n) is 22.5. The summed E-state index contributed by atoms with van der Waals surface area (Å²) < 4.78 is 28.0. The minimum atomic E-state index is -0.657. The summed E-state index contributed by atoms with van der Waals surface area (Å²) in [7, 11) is 0. The second-order valence-electron chi connectivity index (χ2n) is 10.7. The van der Waals surface area contributed by atoms with Crippen molar-refractivity contribution < 1.29 is 38.4 Å². The zero-order chi connectivity index (χ0) is 25.9. The van der Waals surface area contributed by atoms with Gasteiger partial charge < -0.3 is 28.8 Å². The van der Waals surface area contributed by atoms with Crippen molar-refractivity contribution in [2.24, 2.45) is 23.7 Å². The van der Waals surface area contributed by atoms with Crippen molar-refractivity contribution in [2.75, 3.05) is 33.0 Å². The van der Waals surface area contributed by atoms with E-state index in [-0.39, 0.29) is 42.0 Å². The Morgan fingerprint density at radius 3 is 1.53 bits per heavy atom. The molecule has 2 saturated heterocycles. The second-order valence-corrected chi connectivity index (χ2v) is 10.7. The van der Waals surface area contributed by atoms with Gasteiger partial charge in [-0.05, 0) is 70.1 Å². The predicted octanol–water partition coefficient (Wildman–Crippen LogP) is 4.62.